The van der Waals surface area contributed by atoms with Crippen LogP contribution in [0.2, 0.25) is 0 Å². The summed E-state index contributed by atoms with van der Waals surface area (Å²) >= 11 is 1.60. The normalized spacial score (nSPS) is 10.5. The molecule has 0 atom stereocenters. The minimum atomic E-state index is -0.228. The molecule has 0 aliphatic carbocycles. The van der Waals surface area contributed by atoms with Gasteiger partial charge < -0.3 is 11.1 Å². The van der Waals surface area contributed by atoms with E-state index in [2.05, 4.69) is 10.3 Å². The maximum atomic E-state index is 13.2. The molecular formula is C18H16FN3OS. The third kappa shape index (κ3) is 4.17. The lowest BCUT2D eigenvalue weighted by Crippen LogP contribution is -2.22. The van der Waals surface area contributed by atoms with Gasteiger partial charge in [-0.3, -0.25) is 4.79 Å². The third-order valence-corrected chi connectivity index (χ3v) is 4.54. The lowest BCUT2D eigenvalue weighted by molar-refractivity contribution is 0.0951. The number of hydrogen-bond donors (Lipinski definition) is 2. The Morgan fingerprint density at radius 3 is 2.75 bits per heavy atom. The smallest absolute Gasteiger partial charge is 0.253 e. The number of anilines is 1. The molecule has 0 aliphatic heterocycles. The maximum absolute atomic E-state index is 13.2. The van der Waals surface area contributed by atoms with Crippen molar-refractivity contribution in [2.24, 2.45) is 0 Å². The van der Waals surface area contributed by atoms with Crippen molar-refractivity contribution < 1.29 is 9.18 Å². The van der Waals surface area contributed by atoms with Crippen LogP contribution in [-0.4, -0.2) is 10.9 Å². The first-order chi connectivity index (χ1) is 11.6. The van der Waals surface area contributed by atoms with E-state index >= 15 is 0 Å². The van der Waals surface area contributed by atoms with Gasteiger partial charge in [-0.15, -0.1) is 11.3 Å². The van der Waals surface area contributed by atoms with Crippen LogP contribution in [0.25, 0.3) is 0 Å². The Kier molecular flexibility index (Phi) is 4.86. The highest BCUT2D eigenvalue weighted by Crippen LogP contribution is 2.20. The van der Waals surface area contributed by atoms with Crippen molar-refractivity contribution in [1.29, 1.82) is 0 Å². The number of hydrogen-bond acceptors (Lipinski definition) is 4. The lowest BCUT2D eigenvalue weighted by atomic mass is 10.1. The van der Waals surface area contributed by atoms with Crippen LogP contribution >= 0.6 is 11.3 Å². The fourth-order valence-corrected chi connectivity index (χ4v) is 3.26. The highest BCUT2D eigenvalue weighted by molar-refractivity contribution is 7.12. The van der Waals surface area contributed by atoms with E-state index in [9.17, 15) is 9.18 Å². The molecule has 1 amide bonds. The largest absolute Gasteiger partial charge is 0.384 e. The molecule has 0 spiro atoms. The Balaban J connectivity index is 1.58. The van der Waals surface area contributed by atoms with Crippen molar-refractivity contribution in [2.75, 3.05) is 5.73 Å². The van der Waals surface area contributed by atoms with Crippen molar-refractivity contribution in [1.82, 2.24) is 10.3 Å². The first kappa shape index (κ1) is 16.1. The molecule has 0 saturated carbocycles. The molecule has 2 heterocycles. The Labute approximate surface area is 143 Å². The van der Waals surface area contributed by atoms with Crippen molar-refractivity contribution in [3.05, 3.63) is 81.4 Å². The summed E-state index contributed by atoms with van der Waals surface area (Å²) in [5.41, 5.74) is 6.91. The molecule has 0 radical (unpaired) electrons. The number of nitrogens with two attached hydrogens (primary N) is 1. The Morgan fingerprint density at radius 1 is 1.17 bits per heavy atom. The van der Waals surface area contributed by atoms with Crippen LogP contribution < -0.4 is 11.1 Å². The van der Waals surface area contributed by atoms with Gasteiger partial charge in [0.05, 0.1) is 12.1 Å². The van der Waals surface area contributed by atoms with Crippen LogP contribution in [0, 0.1) is 5.82 Å². The predicted octanol–water partition coefficient (Wildman–Crippen LogP) is 3.39. The number of thiophene rings is 1. The van der Waals surface area contributed by atoms with Crippen molar-refractivity contribution in [2.45, 2.75) is 13.0 Å². The summed E-state index contributed by atoms with van der Waals surface area (Å²) in [6, 6.07) is 13.8. The summed E-state index contributed by atoms with van der Waals surface area (Å²) in [5, 5.41) is 2.85. The fraction of sp³-hybridized carbons (Fsp3) is 0.111. The molecule has 0 aliphatic rings. The first-order valence-electron chi connectivity index (χ1n) is 7.42. The second kappa shape index (κ2) is 7.23. The third-order valence-electron chi connectivity index (χ3n) is 3.46. The topological polar surface area (TPSA) is 68.0 Å². The van der Waals surface area contributed by atoms with Crippen LogP contribution in [0.15, 0.2) is 54.7 Å². The van der Waals surface area contributed by atoms with Crippen LogP contribution in [0.1, 0.15) is 25.7 Å². The second-order valence-corrected chi connectivity index (χ2v) is 6.58. The van der Waals surface area contributed by atoms with E-state index in [1.54, 1.807) is 29.5 Å². The number of halogens is 1. The van der Waals surface area contributed by atoms with E-state index < -0.39 is 0 Å². The number of aromatic nitrogens is 1. The zero-order valence-electron chi connectivity index (χ0n) is 12.8. The average molecular weight is 341 g/mol. The number of carbonyl (C=O) groups excluding carboxylic acids is 1. The Bertz CT molecular complexity index is 845. The number of nitrogens with one attached hydrogen (secondary N) is 1. The molecule has 122 valence electrons. The number of benzene rings is 1. The second-order valence-electron chi connectivity index (χ2n) is 5.33. The number of pyridine rings is 1. The van der Waals surface area contributed by atoms with Gasteiger partial charge in [0.25, 0.3) is 5.91 Å². The van der Waals surface area contributed by atoms with Crippen molar-refractivity contribution in [3.63, 3.8) is 0 Å². The molecule has 4 nitrogen and oxygen atoms in total. The highest BCUT2D eigenvalue weighted by Gasteiger charge is 2.07. The molecule has 3 N–H and O–H groups in total. The molecule has 24 heavy (non-hydrogen) atoms. The van der Waals surface area contributed by atoms with E-state index in [0.29, 0.717) is 24.3 Å². The molecular weight excluding hydrogens is 325 g/mol. The van der Waals surface area contributed by atoms with Crippen LogP contribution in [0.4, 0.5) is 10.2 Å². The lowest BCUT2D eigenvalue weighted by Gasteiger charge is -2.03. The van der Waals surface area contributed by atoms with Crippen molar-refractivity contribution >= 4 is 23.1 Å². The van der Waals surface area contributed by atoms with Crippen LogP contribution in [-0.2, 0) is 13.0 Å². The molecule has 6 heteroatoms. The standard InChI is InChI=1S/C18H16FN3OS/c19-14-3-1-2-12(8-14)9-15-5-6-16(24-15)11-22-18(23)13-4-7-17(20)21-10-13/h1-8,10H,9,11H2,(H2,20,21)(H,22,23). The molecule has 3 rings (SSSR count). The average Bonchev–Trinajstić information content (AvgIpc) is 3.01. The van der Waals surface area contributed by atoms with E-state index in [-0.39, 0.29) is 11.7 Å². The van der Waals surface area contributed by atoms with Gasteiger partial charge in [-0.1, -0.05) is 12.1 Å². The minimum absolute atomic E-state index is 0.192. The van der Waals surface area contributed by atoms with Crippen molar-refractivity contribution in [3.8, 4) is 0 Å². The summed E-state index contributed by atoms with van der Waals surface area (Å²) < 4.78 is 13.2. The van der Waals surface area contributed by atoms with Gasteiger partial charge >= 0.3 is 0 Å². The van der Waals surface area contributed by atoms with Gasteiger partial charge in [0.15, 0.2) is 0 Å². The van der Waals surface area contributed by atoms with E-state index in [0.717, 1.165) is 15.3 Å². The summed E-state index contributed by atoms with van der Waals surface area (Å²) in [4.78, 5) is 18.1. The predicted molar refractivity (Wildman–Crippen MR) is 93.3 cm³/mol. The van der Waals surface area contributed by atoms with Gasteiger partial charge in [0.1, 0.15) is 11.6 Å². The van der Waals surface area contributed by atoms with Gasteiger partial charge in [-0.05, 0) is 42.0 Å². The number of amides is 1. The van der Waals surface area contributed by atoms with Gasteiger partial charge in [0, 0.05) is 22.4 Å². The molecule has 3 aromatic rings. The minimum Gasteiger partial charge on any atom is -0.384 e. The molecule has 1 aromatic carbocycles. The highest BCUT2D eigenvalue weighted by atomic mass is 32.1. The Hall–Kier alpha value is -2.73. The van der Waals surface area contributed by atoms with E-state index in [1.165, 1.54) is 18.3 Å². The summed E-state index contributed by atoms with van der Waals surface area (Å²) in [6.07, 6.45) is 2.13. The number of carbonyl (C=O) groups is 1. The molecule has 0 unspecified atom stereocenters. The molecule has 0 bridgehead atoms. The van der Waals surface area contributed by atoms with Gasteiger partial charge in [0.2, 0.25) is 0 Å². The molecule has 0 saturated heterocycles. The van der Waals surface area contributed by atoms with E-state index in [4.69, 9.17) is 5.73 Å². The maximum Gasteiger partial charge on any atom is 0.253 e. The Morgan fingerprint density at radius 2 is 2.00 bits per heavy atom. The van der Waals surface area contributed by atoms with Crippen LogP contribution in [0.3, 0.4) is 0 Å². The first-order valence-corrected chi connectivity index (χ1v) is 8.23. The van der Waals surface area contributed by atoms with Gasteiger partial charge in [-0.2, -0.15) is 0 Å². The molecule has 2 aromatic heterocycles. The monoisotopic (exact) mass is 341 g/mol. The SMILES string of the molecule is Nc1ccc(C(=O)NCc2ccc(Cc3cccc(F)c3)s2)cn1. The quantitative estimate of drug-likeness (QED) is 0.747. The summed E-state index contributed by atoms with van der Waals surface area (Å²) in [7, 11) is 0. The molecule has 0 fully saturated rings. The summed E-state index contributed by atoms with van der Waals surface area (Å²) in [5.74, 6) is -0.0389. The van der Waals surface area contributed by atoms with Gasteiger partial charge in [-0.25, -0.2) is 9.37 Å². The number of rotatable bonds is 5. The summed E-state index contributed by atoms with van der Waals surface area (Å²) in [6.45, 7) is 0.441. The zero-order valence-corrected chi connectivity index (χ0v) is 13.6. The zero-order chi connectivity index (χ0) is 16.9. The van der Waals surface area contributed by atoms with E-state index in [1.807, 2.05) is 18.2 Å². The number of nitrogen functional groups attached to an aromatic ring is 1. The number of nitrogens with zero attached hydrogens (tertiary/aromatic N) is 1. The van der Waals surface area contributed by atoms with Crippen LogP contribution in [0.5, 0.6) is 0 Å². The fourth-order valence-electron chi connectivity index (χ4n) is 2.27.